The summed E-state index contributed by atoms with van der Waals surface area (Å²) in [5.41, 5.74) is -0.294. The summed E-state index contributed by atoms with van der Waals surface area (Å²) >= 11 is 5.86. The van der Waals surface area contributed by atoms with Gasteiger partial charge in [0, 0.05) is 11.6 Å². The first-order valence-electron chi connectivity index (χ1n) is 7.94. The van der Waals surface area contributed by atoms with Crippen molar-refractivity contribution < 1.29 is 22.7 Å². The molecule has 1 saturated heterocycles. The molecule has 2 amide bonds. The van der Waals surface area contributed by atoms with Crippen molar-refractivity contribution in [3.05, 3.63) is 64.7 Å². The largest absolute Gasteiger partial charge is 0.418 e. The van der Waals surface area contributed by atoms with Crippen LogP contribution in [0.5, 0.6) is 0 Å². The molecule has 0 spiro atoms. The molecule has 2 aromatic rings. The smallest absolute Gasteiger partial charge is 0.370 e. The van der Waals surface area contributed by atoms with Crippen LogP contribution in [0, 0.1) is 0 Å². The van der Waals surface area contributed by atoms with Crippen LogP contribution in [0.15, 0.2) is 48.5 Å². The number of alkyl halides is 3. The third kappa shape index (κ3) is 4.28. The molecule has 1 heterocycles. The molecule has 1 aliphatic heterocycles. The number of para-hydroxylation sites is 1. The minimum atomic E-state index is -4.54. The van der Waals surface area contributed by atoms with Gasteiger partial charge in [-0.1, -0.05) is 35.9 Å². The predicted octanol–water partition coefficient (Wildman–Crippen LogP) is 4.96. The lowest BCUT2D eigenvalue weighted by Crippen LogP contribution is -2.44. The maximum absolute atomic E-state index is 13.1. The van der Waals surface area contributed by atoms with Gasteiger partial charge in [-0.25, -0.2) is 4.79 Å². The molecule has 1 atom stereocenters. The van der Waals surface area contributed by atoms with Crippen LogP contribution >= 0.6 is 11.6 Å². The number of hydrogen-bond acceptors (Lipinski definition) is 2. The van der Waals surface area contributed by atoms with Crippen LogP contribution in [0.3, 0.4) is 0 Å². The predicted molar refractivity (Wildman–Crippen MR) is 92.2 cm³/mol. The fourth-order valence-corrected chi connectivity index (χ4v) is 2.87. The van der Waals surface area contributed by atoms with Crippen LogP contribution in [0.4, 0.5) is 23.7 Å². The number of hydrogen-bond donors (Lipinski definition) is 1. The van der Waals surface area contributed by atoms with E-state index in [1.165, 1.54) is 23.1 Å². The summed E-state index contributed by atoms with van der Waals surface area (Å²) in [6.45, 7) is 0.827. The van der Waals surface area contributed by atoms with E-state index >= 15 is 0 Å². The first-order chi connectivity index (χ1) is 12.3. The summed E-state index contributed by atoms with van der Waals surface area (Å²) < 4.78 is 44.9. The number of nitrogens with one attached hydrogen (secondary N) is 1. The zero-order chi connectivity index (χ0) is 18.7. The van der Waals surface area contributed by atoms with E-state index in [1.807, 2.05) is 0 Å². The summed E-state index contributed by atoms with van der Waals surface area (Å²) in [4.78, 5) is 13.9. The number of carbonyl (C=O) groups excluding carboxylic acids is 1. The van der Waals surface area contributed by atoms with Crippen molar-refractivity contribution in [2.45, 2.75) is 12.3 Å². The molecular formula is C18H16ClF3N2O2. The Morgan fingerprint density at radius 1 is 1.15 bits per heavy atom. The normalized spacial score (nSPS) is 17.8. The molecule has 1 aliphatic rings. The highest BCUT2D eigenvalue weighted by Crippen LogP contribution is 2.34. The van der Waals surface area contributed by atoms with E-state index in [4.69, 9.17) is 16.3 Å². The van der Waals surface area contributed by atoms with Gasteiger partial charge < -0.3 is 15.0 Å². The Kier molecular flexibility index (Phi) is 5.38. The number of carbonyl (C=O) groups is 1. The SMILES string of the molecule is O=C(Nc1ccccc1C(F)(F)F)N1CCOC(c2ccc(Cl)cc2)C1. The van der Waals surface area contributed by atoms with Gasteiger partial charge in [-0.2, -0.15) is 13.2 Å². The van der Waals surface area contributed by atoms with Gasteiger partial charge >= 0.3 is 12.2 Å². The zero-order valence-corrected chi connectivity index (χ0v) is 14.3. The van der Waals surface area contributed by atoms with Gasteiger partial charge in [0.1, 0.15) is 6.10 Å². The molecule has 0 radical (unpaired) electrons. The number of amides is 2. The Bertz CT molecular complexity index is 781. The van der Waals surface area contributed by atoms with Gasteiger partial charge in [-0.15, -0.1) is 0 Å². The second-order valence-corrected chi connectivity index (χ2v) is 6.27. The van der Waals surface area contributed by atoms with E-state index in [0.29, 0.717) is 18.2 Å². The molecular weight excluding hydrogens is 369 g/mol. The van der Waals surface area contributed by atoms with Crippen LogP contribution in [0.25, 0.3) is 0 Å². The number of halogens is 4. The van der Waals surface area contributed by atoms with E-state index in [2.05, 4.69) is 5.32 Å². The van der Waals surface area contributed by atoms with Crippen molar-refractivity contribution >= 4 is 23.3 Å². The molecule has 0 aromatic heterocycles. The fraction of sp³-hybridized carbons (Fsp3) is 0.278. The second-order valence-electron chi connectivity index (χ2n) is 5.83. The summed E-state index contributed by atoms with van der Waals surface area (Å²) in [6, 6.07) is 11.3. The number of ether oxygens (including phenoxy) is 1. The average molecular weight is 385 g/mol. The minimum absolute atomic E-state index is 0.238. The van der Waals surface area contributed by atoms with Gasteiger partial charge in [-0.3, -0.25) is 0 Å². The van der Waals surface area contributed by atoms with Crippen LogP contribution in [0.1, 0.15) is 17.2 Å². The summed E-state index contributed by atoms with van der Waals surface area (Å²) in [7, 11) is 0. The molecule has 1 unspecified atom stereocenters. The average Bonchev–Trinajstić information content (AvgIpc) is 2.62. The number of rotatable bonds is 2. The summed E-state index contributed by atoms with van der Waals surface area (Å²) in [6.07, 6.45) is -4.90. The Hall–Kier alpha value is -2.25. The number of benzene rings is 2. The number of anilines is 1. The number of nitrogens with zero attached hydrogens (tertiary/aromatic N) is 1. The van der Waals surface area contributed by atoms with Crippen LogP contribution in [0.2, 0.25) is 5.02 Å². The Balaban J connectivity index is 1.71. The molecule has 138 valence electrons. The lowest BCUT2D eigenvalue weighted by Gasteiger charge is -2.33. The van der Waals surface area contributed by atoms with Gasteiger partial charge in [-0.05, 0) is 29.8 Å². The highest BCUT2D eigenvalue weighted by molar-refractivity contribution is 6.30. The van der Waals surface area contributed by atoms with Gasteiger partial charge in [0.25, 0.3) is 0 Å². The molecule has 1 fully saturated rings. The van der Waals surface area contributed by atoms with Gasteiger partial charge in [0.15, 0.2) is 0 Å². The first-order valence-corrected chi connectivity index (χ1v) is 8.31. The Morgan fingerprint density at radius 3 is 2.54 bits per heavy atom. The van der Waals surface area contributed by atoms with Crippen molar-refractivity contribution in [2.24, 2.45) is 0 Å². The maximum atomic E-state index is 13.1. The standard InChI is InChI=1S/C18H16ClF3N2O2/c19-13-7-5-12(6-8-13)16-11-24(9-10-26-16)17(25)23-15-4-2-1-3-14(15)18(20,21)22/h1-8,16H,9-11H2,(H,23,25). The molecule has 8 heteroatoms. The molecule has 3 rings (SSSR count). The first kappa shape index (κ1) is 18.5. The molecule has 26 heavy (non-hydrogen) atoms. The van der Waals surface area contributed by atoms with Crippen molar-refractivity contribution in [3.8, 4) is 0 Å². The lowest BCUT2D eigenvalue weighted by molar-refractivity contribution is -0.136. The third-order valence-electron chi connectivity index (χ3n) is 4.07. The van der Waals surface area contributed by atoms with E-state index in [-0.39, 0.29) is 18.3 Å². The van der Waals surface area contributed by atoms with Crippen molar-refractivity contribution in [2.75, 3.05) is 25.0 Å². The zero-order valence-electron chi connectivity index (χ0n) is 13.6. The topological polar surface area (TPSA) is 41.6 Å². The second kappa shape index (κ2) is 7.55. The number of morpholine rings is 1. The quantitative estimate of drug-likeness (QED) is 0.794. The third-order valence-corrected chi connectivity index (χ3v) is 4.32. The maximum Gasteiger partial charge on any atom is 0.418 e. The van der Waals surface area contributed by atoms with E-state index in [0.717, 1.165) is 11.6 Å². The molecule has 4 nitrogen and oxygen atoms in total. The monoisotopic (exact) mass is 384 g/mol. The highest BCUT2D eigenvalue weighted by atomic mass is 35.5. The van der Waals surface area contributed by atoms with Crippen molar-refractivity contribution in [1.29, 1.82) is 0 Å². The van der Waals surface area contributed by atoms with Crippen LogP contribution in [-0.4, -0.2) is 30.6 Å². The molecule has 1 N–H and O–H groups in total. The van der Waals surface area contributed by atoms with E-state index in [1.54, 1.807) is 24.3 Å². The van der Waals surface area contributed by atoms with E-state index < -0.39 is 17.8 Å². The van der Waals surface area contributed by atoms with Crippen molar-refractivity contribution in [1.82, 2.24) is 4.90 Å². The Morgan fingerprint density at radius 2 is 1.85 bits per heavy atom. The van der Waals surface area contributed by atoms with Gasteiger partial charge in [0.2, 0.25) is 0 Å². The lowest BCUT2D eigenvalue weighted by atomic mass is 10.1. The summed E-state index contributed by atoms with van der Waals surface area (Å²) in [5, 5.41) is 2.94. The van der Waals surface area contributed by atoms with Crippen molar-refractivity contribution in [3.63, 3.8) is 0 Å². The number of urea groups is 1. The highest BCUT2D eigenvalue weighted by Gasteiger charge is 2.34. The summed E-state index contributed by atoms with van der Waals surface area (Å²) in [5.74, 6) is 0. The minimum Gasteiger partial charge on any atom is -0.370 e. The molecule has 0 aliphatic carbocycles. The molecule has 0 saturated carbocycles. The molecule has 2 aromatic carbocycles. The fourth-order valence-electron chi connectivity index (χ4n) is 2.75. The van der Waals surface area contributed by atoms with E-state index in [9.17, 15) is 18.0 Å². The van der Waals surface area contributed by atoms with Crippen LogP contribution in [-0.2, 0) is 10.9 Å². The van der Waals surface area contributed by atoms with Crippen LogP contribution < -0.4 is 5.32 Å². The van der Waals surface area contributed by atoms with Gasteiger partial charge in [0.05, 0.1) is 24.4 Å². The molecule has 0 bridgehead atoms. The Labute approximate surface area is 153 Å².